The molecule has 0 heterocycles. The first kappa shape index (κ1) is 36.9. The van der Waals surface area contributed by atoms with E-state index in [2.05, 4.69) is 68.3 Å². The summed E-state index contributed by atoms with van der Waals surface area (Å²) in [6.45, 7) is 12.5. The molecule has 0 spiro atoms. The molecule has 0 aliphatic carbocycles. The lowest BCUT2D eigenvalue weighted by atomic mass is 10.0. The van der Waals surface area contributed by atoms with Crippen LogP contribution in [0.25, 0.3) is 11.1 Å². The van der Waals surface area contributed by atoms with Crippen LogP contribution in [-0.4, -0.2) is 55.6 Å². The Hall–Kier alpha value is -4.15. The average Bonchev–Trinajstić information content (AvgIpc) is 3.06. The third kappa shape index (κ3) is 14.5. The largest absolute Gasteiger partial charge is 0.493 e. The molecule has 0 aromatic heterocycles. The fourth-order valence-corrected chi connectivity index (χ4v) is 3.93. The maximum Gasteiger partial charge on any atom is 0.124 e. The highest BCUT2D eigenvalue weighted by Gasteiger charge is 2.05. The number of hydrogen-bond donors (Lipinski definition) is 3. The Morgan fingerprint density at radius 2 is 1.16 bits per heavy atom. The number of unbranched alkanes of at least 4 members (excludes halogenated alkanes) is 2. The van der Waals surface area contributed by atoms with Gasteiger partial charge in [-0.15, -0.1) is 0 Å². The molecule has 3 aromatic rings. The molecule has 0 unspecified atom stereocenters. The molecule has 43 heavy (non-hydrogen) atoms. The first-order valence-electron chi connectivity index (χ1n) is 14.4. The van der Waals surface area contributed by atoms with Gasteiger partial charge < -0.3 is 29.6 Å². The van der Waals surface area contributed by atoms with E-state index in [1.165, 1.54) is 36.0 Å². The van der Waals surface area contributed by atoms with Gasteiger partial charge in [-0.05, 0) is 64.9 Å². The van der Waals surface area contributed by atoms with Crippen molar-refractivity contribution in [2.45, 2.75) is 45.4 Å². The Bertz CT molecular complexity index is 1240. The molecule has 0 fully saturated rings. The lowest BCUT2D eigenvalue weighted by molar-refractivity contribution is -0.0980. The molecule has 6 nitrogen and oxygen atoms in total. The van der Waals surface area contributed by atoms with Crippen LogP contribution in [0.4, 0.5) is 0 Å². The number of ether oxygens (including phenoxy) is 2. The second kappa shape index (κ2) is 22.4. The molecular weight excluding hydrogens is 540 g/mol. The lowest BCUT2D eigenvalue weighted by Gasteiger charge is -2.11. The predicted octanol–water partition coefficient (Wildman–Crippen LogP) is 6.54. The lowest BCUT2D eigenvalue weighted by Crippen LogP contribution is -2.03. The van der Waals surface area contributed by atoms with E-state index >= 15 is 0 Å². The van der Waals surface area contributed by atoms with Gasteiger partial charge in [-0.1, -0.05) is 81.2 Å². The first-order valence-corrected chi connectivity index (χ1v) is 14.4. The zero-order chi connectivity index (χ0) is 31.9. The van der Waals surface area contributed by atoms with Crippen molar-refractivity contribution in [1.29, 1.82) is 0 Å². The van der Waals surface area contributed by atoms with E-state index in [4.69, 9.17) is 19.4 Å². The molecule has 0 aliphatic rings. The quantitative estimate of drug-likeness (QED) is 0.106. The summed E-state index contributed by atoms with van der Waals surface area (Å²) in [7, 11) is 1.00. The molecule has 0 bridgehead atoms. The topological polar surface area (TPSA) is 96.2 Å². The molecule has 0 saturated carbocycles. The smallest absolute Gasteiger partial charge is 0.124 e. The van der Waals surface area contributed by atoms with E-state index in [-0.39, 0.29) is 13.2 Å². The van der Waals surface area contributed by atoms with E-state index < -0.39 is 0 Å². The Morgan fingerprint density at radius 1 is 0.698 bits per heavy atom. The van der Waals surface area contributed by atoms with Crippen molar-refractivity contribution in [3.8, 4) is 34.5 Å². The summed E-state index contributed by atoms with van der Waals surface area (Å²) in [6, 6.07) is 22.7. The summed E-state index contributed by atoms with van der Waals surface area (Å²) >= 11 is 0. The zero-order valence-electron chi connectivity index (χ0n) is 25.6. The van der Waals surface area contributed by atoms with Gasteiger partial charge in [0.05, 0.1) is 26.4 Å². The van der Waals surface area contributed by atoms with Crippen LogP contribution in [-0.2, 0) is 11.2 Å². The van der Waals surface area contributed by atoms with Crippen LogP contribution in [0, 0.1) is 11.8 Å². The molecule has 3 N–H and O–H groups in total. The highest BCUT2D eigenvalue weighted by molar-refractivity contribution is 5.65. The van der Waals surface area contributed by atoms with Gasteiger partial charge in [0.15, 0.2) is 0 Å². The van der Waals surface area contributed by atoms with Gasteiger partial charge in [0.1, 0.15) is 18.3 Å². The van der Waals surface area contributed by atoms with Gasteiger partial charge in [-0.3, -0.25) is 0 Å². The minimum absolute atomic E-state index is 0.0544. The third-order valence-electron chi connectivity index (χ3n) is 6.37. The van der Waals surface area contributed by atoms with Crippen LogP contribution in [0.3, 0.4) is 0 Å². The second-order valence-electron chi connectivity index (χ2n) is 9.69. The highest BCUT2D eigenvalue weighted by Crippen LogP contribution is 2.24. The Morgan fingerprint density at radius 3 is 1.63 bits per heavy atom. The number of aliphatic hydroxyl groups excluding tert-OH is 3. The Balaban J connectivity index is 0.00000221. The maximum atomic E-state index is 9.17. The van der Waals surface area contributed by atoms with Crippen LogP contribution < -0.4 is 9.47 Å². The van der Waals surface area contributed by atoms with E-state index in [1.54, 1.807) is 0 Å². The molecule has 6 heteroatoms. The normalized spacial score (nSPS) is 9.70. The molecule has 3 rings (SSSR count). The Kier molecular flexibility index (Phi) is 19.3. The number of carbonyl (C=O) groups is 1. The first-order chi connectivity index (χ1) is 21.0. The van der Waals surface area contributed by atoms with E-state index in [9.17, 15) is 10.2 Å². The summed E-state index contributed by atoms with van der Waals surface area (Å²) in [5.74, 6) is 7.74. The summed E-state index contributed by atoms with van der Waals surface area (Å²) in [5, 5.41) is 25.3. The van der Waals surface area contributed by atoms with Crippen LogP contribution in [0.15, 0.2) is 91.0 Å². The number of aliphatic hydroxyl groups is 3. The molecule has 0 radical (unpaired) electrons. The van der Waals surface area contributed by atoms with Crippen molar-refractivity contribution in [3.63, 3.8) is 0 Å². The summed E-state index contributed by atoms with van der Waals surface area (Å²) in [5.41, 5.74) is 6.89. The van der Waals surface area contributed by atoms with Crippen molar-refractivity contribution in [3.05, 3.63) is 108 Å². The number of aryl methyl sites for hydroxylation is 1. The maximum absolute atomic E-state index is 9.17. The second-order valence-corrected chi connectivity index (χ2v) is 9.69. The van der Waals surface area contributed by atoms with Crippen LogP contribution in [0.5, 0.6) is 11.5 Å². The van der Waals surface area contributed by atoms with Gasteiger partial charge in [0.2, 0.25) is 0 Å². The fraction of sp³-hybridized carbons (Fsp3) is 0.324. The fourth-order valence-electron chi connectivity index (χ4n) is 3.93. The summed E-state index contributed by atoms with van der Waals surface area (Å²) in [4.78, 5) is 8.00. The minimum atomic E-state index is -0.0544. The van der Waals surface area contributed by atoms with Gasteiger partial charge >= 0.3 is 0 Å². The van der Waals surface area contributed by atoms with Crippen molar-refractivity contribution in [1.82, 2.24) is 0 Å². The predicted molar refractivity (Wildman–Crippen MR) is 175 cm³/mol. The zero-order valence-corrected chi connectivity index (χ0v) is 25.6. The summed E-state index contributed by atoms with van der Waals surface area (Å²) in [6.07, 6.45) is 6.02. The number of carbonyl (C=O) groups excluding carboxylic acids is 1. The van der Waals surface area contributed by atoms with Crippen molar-refractivity contribution < 1.29 is 29.6 Å². The molecule has 230 valence electrons. The van der Waals surface area contributed by atoms with Crippen LogP contribution in [0.2, 0.25) is 0 Å². The van der Waals surface area contributed by atoms with Crippen LogP contribution >= 0.6 is 0 Å². The highest BCUT2D eigenvalue weighted by atomic mass is 16.5. The monoisotopic (exact) mass is 586 g/mol. The van der Waals surface area contributed by atoms with E-state index in [0.29, 0.717) is 37.6 Å². The van der Waals surface area contributed by atoms with E-state index in [1.807, 2.05) is 37.1 Å². The molecule has 0 amide bonds. The standard InChI is InChI=1S/C35H40O4.CH4O.CH2O/c1-4-5-6-7-29-10-14-32(15-11-29)33-16-12-30(13-17-33)8-9-31-22-34(38-20-18-27(2)25-36)24-35(23-31)39-21-19-28(3)26-37;2*1-2/h10-17,22-24,36-37H,2-7,18-21,25-26H2,1H3;2H,1H3;1H2. The minimum Gasteiger partial charge on any atom is -0.493 e. The molecule has 0 saturated heterocycles. The van der Waals surface area contributed by atoms with Crippen molar-refractivity contribution >= 4 is 6.79 Å². The third-order valence-corrected chi connectivity index (χ3v) is 6.37. The molecule has 0 atom stereocenters. The van der Waals surface area contributed by atoms with E-state index in [0.717, 1.165) is 35.8 Å². The van der Waals surface area contributed by atoms with Crippen molar-refractivity contribution in [2.75, 3.05) is 33.5 Å². The average molecular weight is 587 g/mol. The van der Waals surface area contributed by atoms with Gasteiger partial charge in [-0.25, -0.2) is 0 Å². The SMILES string of the molecule is C=C(CO)CCOc1cc(C#Cc2ccc(-c3ccc(CCCCC)cc3)cc2)cc(OCCC(=C)CO)c1.C=O.CO. The van der Waals surface area contributed by atoms with Crippen molar-refractivity contribution in [2.24, 2.45) is 0 Å². The van der Waals surface area contributed by atoms with Gasteiger partial charge in [-0.2, -0.15) is 0 Å². The number of hydrogen-bond acceptors (Lipinski definition) is 6. The molecular formula is C37H46O6. The number of rotatable bonds is 15. The number of benzene rings is 3. The van der Waals surface area contributed by atoms with Gasteiger partial charge in [0.25, 0.3) is 0 Å². The summed E-state index contributed by atoms with van der Waals surface area (Å²) < 4.78 is 11.8. The molecule has 0 aliphatic heterocycles. The van der Waals surface area contributed by atoms with Gasteiger partial charge in [0, 0.05) is 37.1 Å². The Labute approximate surface area is 257 Å². The van der Waals surface area contributed by atoms with Crippen LogP contribution in [0.1, 0.15) is 55.7 Å². The molecule has 3 aromatic carbocycles.